The van der Waals surface area contributed by atoms with Gasteiger partial charge in [0.25, 0.3) is 5.91 Å². The summed E-state index contributed by atoms with van der Waals surface area (Å²) in [5, 5.41) is 3.50. The highest BCUT2D eigenvalue weighted by Gasteiger charge is 2.31. The van der Waals surface area contributed by atoms with Crippen LogP contribution in [0.15, 0.2) is 84.9 Å². The smallest absolute Gasteiger partial charge is 0.261 e. The third-order valence-corrected chi connectivity index (χ3v) is 6.80. The van der Waals surface area contributed by atoms with Crippen LogP contribution in [0.3, 0.4) is 0 Å². The zero-order valence-electron chi connectivity index (χ0n) is 21.4. The maximum Gasteiger partial charge on any atom is 0.261 e. The number of nitrogens with one attached hydrogen (secondary N) is 1. The summed E-state index contributed by atoms with van der Waals surface area (Å²) in [6.45, 7) is 4.37. The Morgan fingerprint density at radius 1 is 0.921 bits per heavy atom. The molecule has 38 heavy (non-hydrogen) atoms. The van der Waals surface area contributed by atoms with Crippen LogP contribution in [0.5, 0.6) is 5.75 Å². The molecule has 0 aromatic heterocycles. The van der Waals surface area contributed by atoms with Crippen molar-refractivity contribution in [3.63, 3.8) is 0 Å². The third-order valence-electron chi connectivity index (χ3n) is 6.49. The minimum absolute atomic E-state index is 0.191. The largest absolute Gasteiger partial charge is 0.482 e. The second-order valence-corrected chi connectivity index (χ2v) is 9.58. The number of ether oxygens (including phenoxy) is 2. The van der Waals surface area contributed by atoms with Crippen molar-refractivity contribution in [3.8, 4) is 5.75 Å². The first kappa shape index (κ1) is 27.6. The number of nitrogens with zero attached hydrogens (tertiary/aromatic N) is 2. The highest BCUT2D eigenvalue weighted by atomic mass is 35.5. The number of morpholine rings is 1. The quantitative estimate of drug-likeness (QED) is 0.382. The highest BCUT2D eigenvalue weighted by molar-refractivity contribution is 6.32. The number of rotatable bonds is 12. The van der Waals surface area contributed by atoms with Crippen LogP contribution >= 0.6 is 11.6 Å². The van der Waals surface area contributed by atoms with Crippen LogP contribution in [0.2, 0.25) is 5.02 Å². The Labute approximate surface area is 229 Å². The summed E-state index contributed by atoms with van der Waals surface area (Å²) in [7, 11) is 0. The molecule has 3 aromatic rings. The van der Waals surface area contributed by atoms with E-state index in [2.05, 4.69) is 10.2 Å². The van der Waals surface area contributed by atoms with Crippen LogP contribution in [0.4, 0.5) is 0 Å². The molecule has 1 unspecified atom stereocenters. The lowest BCUT2D eigenvalue weighted by Gasteiger charge is -2.32. The van der Waals surface area contributed by atoms with Gasteiger partial charge in [0.1, 0.15) is 11.8 Å². The number of amides is 2. The maximum atomic E-state index is 13.6. The molecule has 1 N–H and O–H groups in total. The van der Waals surface area contributed by atoms with Gasteiger partial charge in [-0.3, -0.25) is 14.5 Å². The second-order valence-electron chi connectivity index (χ2n) is 9.18. The molecule has 200 valence electrons. The number of carbonyl (C=O) groups is 2. The molecule has 0 radical (unpaired) electrons. The van der Waals surface area contributed by atoms with E-state index in [1.165, 1.54) is 0 Å². The topological polar surface area (TPSA) is 71.1 Å². The van der Waals surface area contributed by atoms with Crippen molar-refractivity contribution >= 4 is 23.4 Å². The molecule has 1 aliphatic rings. The molecule has 4 rings (SSSR count). The minimum atomic E-state index is -0.718. The molecule has 2 amide bonds. The Morgan fingerprint density at radius 2 is 1.55 bits per heavy atom. The zero-order chi connectivity index (χ0) is 26.6. The number of hydrogen-bond acceptors (Lipinski definition) is 5. The first-order chi connectivity index (χ1) is 18.6. The summed E-state index contributed by atoms with van der Waals surface area (Å²) in [5.41, 5.74) is 1.90. The molecule has 3 aromatic carbocycles. The highest BCUT2D eigenvalue weighted by Crippen LogP contribution is 2.23. The maximum absolute atomic E-state index is 13.6. The second kappa shape index (κ2) is 14.5. The summed E-state index contributed by atoms with van der Waals surface area (Å²) >= 11 is 6.23. The monoisotopic (exact) mass is 535 g/mol. The fourth-order valence-electron chi connectivity index (χ4n) is 4.40. The lowest BCUT2D eigenvalue weighted by Crippen LogP contribution is -2.52. The van der Waals surface area contributed by atoms with E-state index in [-0.39, 0.29) is 25.0 Å². The van der Waals surface area contributed by atoms with Gasteiger partial charge >= 0.3 is 0 Å². The van der Waals surface area contributed by atoms with Crippen LogP contribution < -0.4 is 10.1 Å². The Kier molecular flexibility index (Phi) is 10.6. The molecular weight excluding hydrogens is 502 g/mol. The van der Waals surface area contributed by atoms with E-state index in [4.69, 9.17) is 21.1 Å². The number of para-hydroxylation sites is 1. The Hall–Kier alpha value is -3.39. The fourth-order valence-corrected chi connectivity index (χ4v) is 4.59. The van der Waals surface area contributed by atoms with Crippen molar-refractivity contribution in [1.82, 2.24) is 15.1 Å². The Morgan fingerprint density at radius 3 is 2.24 bits per heavy atom. The van der Waals surface area contributed by atoms with E-state index in [9.17, 15) is 9.59 Å². The molecule has 0 spiro atoms. The van der Waals surface area contributed by atoms with E-state index < -0.39 is 6.04 Å². The van der Waals surface area contributed by atoms with Crippen molar-refractivity contribution < 1.29 is 19.1 Å². The van der Waals surface area contributed by atoms with E-state index in [1.54, 1.807) is 29.2 Å². The van der Waals surface area contributed by atoms with Gasteiger partial charge in [0.05, 0.1) is 18.2 Å². The standard InChI is InChI=1S/C30H34ClN3O4/c31-26-13-7-8-14-28(26)38-23-29(35)34(22-25-11-5-2-6-12-25)27(21-24-9-3-1-4-10-24)30(36)32-15-16-33-17-19-37-20-18-33/h1-14,27H,15-23H2,(H,32,36). The molecule has 8 heteroatoms. The van der Waals surface area contributed by atoms with Crippen molar-refractivity contribution in [2.75, 3.05) is 46.0 Å². The molecule has 0 aliphatic carbocycles. The lowest BCUT2D eigenvalue weighted by atomic mass is 10.0. The molecule has 7 nitrogen and oxygen atoms in total. The first-order valence-corrected chi connectivity index (χ1v) is 13.3. The van der Waals surface area contributed by atoms with Gasteiger partial charge in [-0.25, -0.2) is 0 Å². The van der Waals surface area contributed by atoms with Crippen LogP contribution in [-0.4, -0.2) is 73.7 Å². The molecule has 1 saturated heterocycles. The lowest BCUT2D eigenvalue weighted by molar-refractivity contribution is -0.142. The van der Waals surface area contributed by atoms with Gasteiger partial charge in [0, 0.05) is 39.1 Å². The van der Waals surface area contributed by atoms with E-state index in [1.807, 2.05) is 60.7 Å². The molecule has 1 heterocycles. The van der Waals surface area contributed by atoms with Crippen LogP contribution in [0.25, 0.3) is 0 Å². The van der Waals surface area contributed by atoms with E-state index in [0.717, 1.165) is 30.8 Å². The minimum Gasteiger partial charge on any atom is -0.482 e. The van der Waals surface area contributed by atoms with Gasteiger partial charge in [0.2, 0.25) is 5.91 Å². The predicted octanol–water partition coefficient (Wildman–Crippen LogP) is 3.81. The van der Waals surface area contributed by atoms with Gasteiger partial charge < -0.3 is 19.7 Å². The number of halogens is 1. The summed E-state index contributed by atoms with van der Waals surface area (Å²) in [6.07, 6.45) is 0.384. The zero-order valence-corrected chi connectivity index (χ0v) is 22.2. The summed E-state index contributed by atoms with van der Waals surface area (Å²) in [4.78, 5) is 31.2. The van der Waals surface area contributed by atoms with Crippen molar-refractivity contribution in [2.45, 2.75) is 19.0 Å². The van der Waals surface area contributed by atoms with Crippen LogP contribution in [-0.2, 0) is 27.3 Å². The van der Waals surface area contributed by atoms with Gasteiger partial charge in [-0.1, -0.05) is 84.4 Å². The molecule has 0 bridgehead atoms. The molecule has 1 fully saturated rings. The third kappa shape index (κ3) is 8.31. The van der Waals surface area contributed by atoms with Crippen molar-refractivity contribution in [3.05, 3.63) is 101 Å². The van der Waals surface area contributed by atoms with E-state index in [0.29, 0.717) is 37.0 Å². The number of benzene rings is 3. The average Bonchev–Trinajstić information content (AvgIpc) is 2.96. The van der Waals surface area contributed by atoms with Gasteiger partial charge in [-0.15, -0.1) is 0 Å². The Bertz CT molecular complexity index is 1160. The van der Waals surface area contributed by atoms with Gasteiger partial charge in [-0.2, -0.15) is 0 Å². The molecule has 1 aliphatic heterocycles. The predicted molar refractivity (Wildman–Crippen MR) is 148 cm³/mol. The molecule has 0 saturated carbocycles. The average molecular weight is 536 g/mol. The molecular formula is C30H34ClN3O4. The SMILES string of the molecule is O=C(NCCN1CCOCC1)C(Cc1ccccc1)N(Cc1ccccc1)C(=O)COc1ccccc1Cl. The first-order valence-electron chi connectivity index (χ1n) is 12.9. The fraction of sp³-hybridized carbons (Fsp3) is 0.333. The molecule has 1 atom stereocenters. The Balaban J connectivity index is 1.53. The van der Waals surface area contributed by atoms with Crippen LogP contribution in [0.1, 0.15) is 11.1 Å². The van der Waals surface area contributed by atoms with Crippen LogP contribution in [0, 0.1) is 0 Å². The van der Waals surface area contributed by atoms with Crippen molar-refractivity contribution in [1.29, 1.82) is 0 Å². The number of hydrogen-bond donors (Lipinski definition) is 1. The summed E-state index contributed by atoms with van der Waals surface area (Å²) < 4.78 is 11.2. The number of carbonyl (C=O) groups excluding carboxylic acids is 2. The van der Waals surface area contributed by atoms with Gasteiger partial charge in [0.15, 0.2) is 6.61 Å². The summed E-state index contributed by atoms with van der Waals surface area (Å²) in [5.74, 6) is -0.0566. The summed E-state index contributed by atoms with van der Waals surface area (Å²) in [6, 6.07) is 25.7. The van der Waals surface area contributed by atoms with Gasteiger partial charge in [-0.05, 0) is 23.3 Å². The van der Waals surface area contributed by atoms with Crippen molar-refractivity contribution in [2.24, 2.45) is 0 Å². The normalized spacial score (nSPS) is 14.4. The van der Waals surface area contributed by atoms with E-state index >= 15 is 0 Å².